The average molecular weight is 233 g/mol. The molecule has 0 aliphatic heterocycles. The number of aromatic nitrogens is 1. The van der Waals surface area contributed by atoms with Crippen molar-refractivity contribution >= 4 is 5.97 Å². The van der Waals surface area contributed by atoms with Gasteiger partial charge >= 0.3 is 5.97 Å². The third kappa shape index (κ3) is 2.34. The van der Waals surface area contributed by atoms with Gasteiger partial charge in [-0.1, -0.05) is 18.2 Å². The van der Waals surface area contributed by atoms with Gasteiger partial charge in [-0.3, -0.25) is 0 Å². The lowest BCUT2D eigenvalue weighted by molar-refractivity contribution is 0.0682. The van der Waals surface area contributed by atoms with Crippen molar-refractivity contribution in [3.63, 3.8) is 0 Å². The molecule has 0 aliphatic rings. The highest BCUT2D eigenvalue weighted by Gasteiger charge is 2.19. The third-order valence-electron chi connectivity index (χ3n) is 2.20. The predicted octanol–water partition coefficient (Wildman–Crippen LogP) is 2.19. The topological polar surface area (TPSA) is 72.6 Å². The standard InChI is InChI=1S/C12H11NO4/c1-16-7-9-10(12(14)15)13-11(17-9)8-5-3-2-4-6-8/h2-6H,7H2,1H3,(H,14,15). The summed E-state index contributed by atoms with van der Waals surface area (Å²) in [6, 6.07) is 9.12. The Morgan fingerprint density at radius 1 is 1.41 bits per heavy atom. The van der Waals surface area contributed by atoms with Crippen LogP contribution in [0, 0.1) is 0 Å². The molecule has 1 aromatic carbocycles. The molecule has 0 spiro atoms. The van der Waals surface area contributed by atoms with E-state index in [0.717, 1.165) is 5.56 Å². The summed E-state index contributed by atoms with van der Waals surface area (Å²) in [5.74, 6) is -0.614. The molecule has 0 aliphatic carbocycles. The van der Waals surface area contributed by atoms with Gasteiger partial charge < -0.3 is 14.3 Å². The number of benzene rings is 1. The highest BCUT2D eigenvalue weighted by atomic mass is 16.5. The molecular formula is C12H11NO4. The van der Waals surface area contributed by atoms with Gasteiger partial charge in [0.15, 0.2) is 11.5 Å². The van der Waals surface area contributed by atoms with Crippen molar-refractivity contribution in [2.75, 3.05) is 7.11 Å². The van der Waals surface area contributed by atoms with Crippen molar-refractivity contribution in [1.29, 1.82) is 0 Å². The van der Waals surface area contributed by atoms with Gasteiger partial charge in [0.05, 0.1) is 0 Å². The zero-order chi connectivity index (χ0) is 12.3. The van der Waals surface area contributed by atoms with Crippen molar-refractivity contribution in [3.05, 3.63) is 41.8 Å². The SMILES string of the molecule is COCc1oc(-c2ccccc2)nc1C(=O)O. The lowest BCUT2D eigenvalue weighted by Gasteiger charge is -1.94. The minimum Gasteiger partial charge on any atom is -0.476 e. The first-order valence-electron chi connectivity index (χ1n) is 4.99. The number of carboxylic acid groups (broad SMARTS) is 1. The molecule has 0 unspecified atom stereocenters. The summed E-state index contributed by atoms with van der Waals surface area (Å²) in [5, 5.41) is 8.97. The van der Waals surface area contributed by atoms with Crippen molar-refractivity contribution in [3.8, 4) is 11.5 Å². The average Bonchev–Trinajstić information content (AvgIpc) is 2.75. The van der Waals surface area contributed by atoms with Gasteiger partial charge in [-0.25, -0.2) is 9.78 Å². The van der Waals surface area contributed by atoms with Gasteiger partial charge in [0, 0.05) is 12.7 Å². The van der Waals surface area contributed by atoms with Crippen LogP contribution in [0.4, 0.5) is 0 Å². The van der Waals surface area contributed by atoms with Crippen LogP contribution in [0.1, 0.15) is 16.2 Å². The summed E-state index contributed by atoms with van der Waals surface area (Å²) < 4.78 is 10.3. The number of aromatic carboxylic acids is 1. The zero-order valence-corrected chi connectivity index (χ0v) is 9.21. The maximum absolute atomic E-state index is 11.0. The molecule has 0 saturated carbocycles. The number of rotatable bonds is 4. The van der Waals surface area contributed by atoms with Crippen molar-refractivity contribution in [1.82, 2.24) is 4.98 Å². The van der Waals surface area contributed by atoms with Crippen LogP contribution in [0.15, 0.2) is 34.7 Å². The van der Waals surface area contributed by atoms with Crippen LogP contribution in [-0.4, -0.2) is 23.2 Å². The van der Waals surface area contributed by atoms with Crippen LogP contribution in [0.2, 0.25) is 0 Å². The Kier molecular flexibility index (Phi) is 3.20. The van der Waals surface area contributed by atoms with E-state index in [1.54, 1.807) is 12.1 Å². The second kappa shape index (κ2) is 4.80. The maximum atomic E-state index is 11.0. The summed E-state index contributed by atoms with van der Waals surface area (Å²) >= 11 is 0. The van der Waals surface area contributed by atoms with E-state index >= 15 is 0 Å². The quantitative estimate of drug-likeness (QED) is 0.876. The number of ether oxygens (including phenoxy) is 1. The number of carboxylic acids is 1. The van der Waals surface area contributed by atoms with Gasteiger partial charge in [-0.2, -0.15) is 0 Å². The Hall–Kier alpha value is -2.14. The van der Waals surface area contributed by atoms with Gasteiger partial charge in [0.1, 0.15) is 6.61 Å². The summed E-state index contributed by atoms with van der Waals surface area (Å²) in [5.41, 5.74) is 0.628. The molecule has 0 radical (unpaired) electrons. The highest BCUT2D eigenvalue weighted by Crippen LogP contribution is 2.22. The Balaban J connectivity index is 2.44. The van der Waals surface area contributed by atoms with Gasteiger partial charge in [0.2, 0.25) is 5.89 Å². The smallest absolute Gasteiger partial charge is 0.358 e. The summed E-state index contributed by atoms with van der Waals surface area (Å²) in [6.45, 7) is 0.0848. The fraction of sp³-hybridized carbons (Fsp3) is 0.167. The lowest BCUT2D eigenvalue weighted by Crippen LogP contribution is -2.01. The molecule has 0 saturated heterocycles. The molecule has 5 heteroatoms. The molecule has 1 aromatic heterocycles. The molecule has 17 heavy (non-hydrogen) atoms. The van der Waals surface area contributed by atoms with Crippen molar-refractivity contribution in [2.24, 2.45) is 0 Å². The summed E-state index contributed by atoms with van der Waals surface area (Å²) in [6.07, 6.45) is 0. The molecule has 0 amide bonds. The molecule has 2 rings (SSSR count). The first-order valence-corrected chi connectivity index (χ1v) is 4.99. The number of oxazole rings is 1. The number of hydrogen-bond acceptors (Lipinski definition) is 4. The Labute approximate surface area is 97.7 Å². The first-order chi connectivity index (χ1) is 8.22. The lowest BCUT2D eigenvalue weighted by atomic mass is 10.2. The zero-order valence-electron chi connectivity index (χ0n) is 9.21. The highest BCUT2D eigenvalue weighted by molar-refractivity contribution is 5.87. The molecule has 88 valence electrons. The van der Waals surface area contributed by atoms with E-state index in [-0.39, 0.29) is 24.0 Å². The minimum absolute atomic E-state index is 0.0848. The van der Waals surface area contributed by atoms with Crippen molar-refractivity contribution < 1.29 is 19.1 Å². The number of nitrogens with zero attached hydrogens (tertiary/aromatic N) is 1. The van der Waals surface area contributed by atoms with E-state index in [1.165, 1.54) is 7.11 Å². The van der Waals surface area contributed by atoms with E-state index in [1.807, 2.05) is 18.2 Å². The monoisotopic (exact) mass is 233 g/mol. The van der Waals surface area contributed by atoms with Gasteiger partial charge in [-0.15, -0.1) is 0 Å². The van der Waals surface area contributed by atoms with E-state index < -0.39 is 5.97 Å². The normalized spacial score (nSPS) is 10.4. The second-order valence-electron chi connectivity index (χ2n) is 3.39. The van der Waals surface area contributed by atoms with E-state index in [9.17, 15) is 4.79 Å². The predicted molar refractivity (Wildman–Crippen MR) is 59.6 cm³/mol. The van der Waals surface area contributed by atoms with Crippen LogP contribution in [0.3, 0.4) is 0 Å². The first kappa shape index (κ1) is 11.3. The van der Waals surface area contributed by atoms with Crippen LogP contribution in [0.25, 0.3) is 11.5 Å². The Morgan fingerprint density at radius 2 is 2.12 bits per heavy atom. The maximum Gasteiger partial charge on any atom is 0.358 e. The van der Waals surface area contributed by atoms with Crippen LogP contribution >= 0.6 is 0 Å². The molecule has 0 fully saturated rings. The number of hydrogen-bond donors (Lipinski definition) is 1. The Bertz CT molecular complexity index is 519. The molecule has 5 nitrogen and oxygen atoms in total. The van der Waals surface area contributed by atoms with Crippen LogP contribution in [0.5, 0.6) is 0 Å². The molecule has 2 aromatic rings. The number of carbonyl (C=O) groups is 1. The van der Waals surface area contributed by atoms with Gasteiger partial charge in [0.25, 0.3) is 0 Å². The van der Waals surface area contributed by atoms with E-state index in [4.69, 9.17) is 14.3 Å². The molecule has 0 atom stereocenters. The van der Waals surface area contributed by atoms with Gasteiger partial charge in [-0.05, 0) is 12.1 Å². The largest absolute Gasteiger partial charge is 0.476 e. The molecule has 1 heterocycles. The van der Waals surface area contributed by atoms with Crippen LogP contribution in [-0.2, 0) is 11.3 Å². The summed E-state index contributed by atoms with van der Waals surface area (Å²) in [4.78, 5) is 14.9. The van der Waals surface area contributed by atoms with E-state index in [0.29, 0.717) is 0 Å². The fourth-order valence-corrected chi connectivity index (χ4v) is 1.45. The molecule has 0 bridgehead atoms. The number of methoxy groups -OCH3 is 1. The van der Waals surface area contributed by atoms with Crippen molar-refractivity contribution in [2.45, 2.75) is 6.61 Å². The molecular weight excluding hydrogens is 222 g/mol. The minimum atomic E-state index is -1.12. The Morgan fingerprint density at radius 3 is 2.71 bits per heavy atom. The van der Waals surface area contributed by atoms with Crippen LogP contribution < -0.4 is 0 Å². The third-order valence-corrected chi connectivity index (χ3v) is 2.20. The van der Waals surface area contributed by atoms with E-state index in [2.05, 4.69) is 4.98 Å². The molecule has 1 N–H and O–H groups in total. The summed E-state index contributed by atoms with van der Waals surface area (Å²) in [7, 11) is 1.47. The second-order valence-corrected chi connectivity index (χ2v) is 3.39. The fourth-order valence-electron chi connectivity index (χ4n) is 1.45.